The molecule has 3 aromatic carbocycles. The maximum Gasteiger partial charge on any atom is 0.416 e. The molecule has 1 heterocycles. The second kappa shape index (κ2) is 10.6. The molecule has 1 aliphatic rings. The summed E-state index contributed by atoms with van der Waals surface area (Å²) in [6, 6.07) is 14.9. The number of hydrogen-bond donors (Lipinski definition) is 3. The number of nitrogens with one attached hydrogen (secondary N) is 2. The van der Waals surface area contributed by atoms with Crippen LogP contribution in [0.4, 0.5) is 29.3 Å². The van der Waals surface area contributed by atoms with Gasteiger partial charge in [0, 0.05) is 23.5 Å². The average Bonchev–Trinajstić information content (AvgIpc) is 3.17. The second-order valence-corrected chi connectivity index (χ2v) is 9.52. The summed E-state index contributed by atoms with van der Waals surface area (Å²) in [6.07, 6.45) is -4.16. The summed E-state index contributed by atoms with van der Waals surface area (Å²) in [5, 5.41) is 14.6. The van der Waals surface area contributed by atoms with Gasteiger partial charge in [-0.25, -0.2) is 9.59 Å². The first-order valence-electron chi connectivity index (χ1n) is 11.9. The third-order valence-electron chi connectivity index (χ3n) is 6.22. The lowest BCUT2D eigenvalue weighted by Gasteiger charge is -2.25. The molecule has 0 spiro atoms. The molecule has 7 nitrogen and oxygen atoms in total. The van der Waals surface area contributed by atoms with E-state index >= 15 is 0 Å². The van der Waals surface area contributed by atoms with Gasteiger partial charge in [0.05, 0.1) is 5.56 Å². The number of aliphatic carboxylic acids is 1. The van der Waals surface area contributed by atoms with Crippen LogP contribution in [-0.2, 0) is 17.5 Å². The van der Waals surface area contributed by atoms with Gasteiger partial charge in [-0.2, -0.15) is 13.2 Å². The molecule has 0 aromatic heterocycles. The molecule has 3 amide bonds. The van der Waals surface area contributed by atoms with E-state index in [1.54, 1.807) is 36.4 Å². The Bertz CT molecular complexity index is 1370. The third-order valence-corrected chi connectivity index (χ3v) is 6.22. The molecule has 0 bridgehead atoms. The zero-order valence-electron chi connectivity index (χ0n) is 20.7. The van der Waals surface area contributed by atoms with Gasteiger partial charge < -0.3 is 20.6 Å². The minimum absolute atomic E-state index is 0.00853. The van der Waals surface area contributed by atoms with Gasteiger partial charge in [0.1, 0.15) is 6.04 Å². The van der Waals surface area contributed by atoms with Gasteiger partial charge in [0.2, 0.25) is 0 Å². The molecule has 10 heteroatoms. The largest absolute Gasteiger partial charge is 0.480 e. The van der Waals surface area contributed by atoms with Gasteiger partial charge >= 0.3 is 18.2 Å². The molecular formula is C28H26F3N3O4. The minimum Gasteiger partial charge on any atom is -0.480 e. The van der Waals surface area contributed by atoms with Gasteiger partial charge in [-0.1, -0.05) is 38.1 Å². The lowest BCUT2D eigenvalue weighted by molar-refractivity contribution is -0.143. The number of amides is 3. The van der Waals surface area contributed by atoms with Crippen molar-refractivity contribution < 1.29 is 32.7 Å². The SMILES string of the molecule is CC(C)C[C@@H](C(=O)O)N1Cc2cc(-c3ccc(NC(=O)Nc4cccc(C(F)(F)F)c4)cc3)ccc2C1=O. The van der Waals surface area contributed by atoms with Crippen LogP contribution < -0.4 is 10.6 Å². The highest BCUT2D eigenvalue weighted by molar-refractivity contribution is 6.01. The second-order valence-electron chi connectivity index (χ2n) is 9.52. The maximum atomic E-state index is 12.9. The monoisotopic (exact) mass is 525 g/mol. The predicted molar refractivity (Wildman–Crippen MR) is 137 cm³/mol. The van der Waals surface area contributed by atoms with E-state index in [9.17, 15) is 32.7 Å². The number of benzene rings is 3. The zero-order chi connectivity index (χ0) is 27.6. The van der Waals surface area contributed by atoms with Crippen LogP contribution >= 0.6 is 0 Å². The molecule has 0 unspecified atom stereocenters. The Kier molecular flexibility index (Phi) is 7.43. The van der Waals surface area contributed by atoms with E-state index in [-0.39, 0.29) is 24.1 Å². The van der Waals surface area contributed by atoms with E-state index in [0.717, 1.165) is 28.8 Å². The summed E-state index contributed by atoms with van der Waals surface area (Å²) in [7, 11) is 0. The van der Waals surface area contributed by atoms with Crippen molar-refractivity contribution in [1.29, 1.82) is 0 Å². The fourth-order valence-electron chi connectivity index (χ4n) is 4.40. The van der Waals surface area contributed by atoms with Crippen molar-refractivity contribution in [2.45, 2.75) is 39.0 Å². The van der Waals surface area contributed by atoms with E-state index < -0.39 is 29.8 Å². The Balaban J connectivity index is 1.44. The summed E-state index contributed by atoms with van der Waals surface area (Å²) >= 11 is 0. The van der Waals surface area contributed by atoms with Crippen molar-refractivity contribution in [3.05, 3.63) is 83.4 Å². The topological polar surface area (TPSA) is 98.7 Å². The molecule has 0 radical (unpaired) electrons. The van der Waals surface area contributed by atoms with Crippen molar-refractivity contribution in [2.24, 2.45) is 5.92 Å². The summed E-state index contributed by atoms with van der Waals surface area (Å²) in [6.45, 7) is 4.03. The number of halogens is 3. The number of carboxylic acid groups (broad SMARTS) is 1. The smallest absolute Gasteiger partial charge is 0.416 e. The Morgan fingerprint density at radius 3 is 2.24 bits per heavy atom. The first-order valence-corrected chi connectivity index (χ1v) is 11.9. The van der Waals surface area contributed by atoms with E-state index in [4.69, 9.17) is 0 Å². The van der Waals surface area contributed by atoms with Gasteiger partial charge in [0.15, 0.2) is 0 Å². The van der Waals surface area contributed by atoms with Crippen LogP contribution in [0.1, 0.15) is 41.8 Å². The Hall–Kier alpha value is -4.34. The number of carbonyl (C=O) groups is 3. The van der Waals surface area contributed by atoms with Crippen LogP contribution in [0.25, 0.3) is 11.1 Å². The first kappa shape index (κ1) is 26.7. The lowest BCUT2D eigenvalue weighted by atomic mass is 10.0. The van der Waals surface area contributed by atoms with E-state index in [2.05, 4.69) is 10.6 Å². The van der Waals surface area contributed by atoms with Crippen molar-refractivity contribution in [3.8, 4) is 11.1 Å². The Morgan fingerprint density at radius 1 is 0.947 bits per heavy atom. The molecule has 3 aromatic rings. The number of carbonyl (C=O) groups excluding carboxylic acids is 2. The highest BCUT2D eigenvalue weighted by Gasteiger charge is 2.36. The summed E-state index contributed by atoms with van der Waals surface area (Å²) < 4.78 is 38.6. The molecule has 0 fully saturated rings. The molecule has 1 atom stereocenters. The third kappa shape index (κ3) is 5.96. The standard InChI is InChI=1S/C28H26F3N3O4/c1-16(2)12-24(26(36)37)34-15-19-13-18(8-11-23(19)25(34)35)17-6-9-21(10-7-17)32-27(38)33-22-5-3-4-20(14-22)28(29,30)31/h3-11,13-14,16,24H,12,15H2,1-2H3,(H,36,37)(H2,32,33,38)/t24-/m0/s1. The molecule has 38 heavy (non-hydrogen) atoms. The fourth-order valence-corrected chi connectivity index (χ4v) is 4.40. The van der Waals surface area contributed by atoms with Crippen LogP contribution in [0.15, 0.2) is 66.7 Å². The number of anilines is 2. The van der Waals surface area contributed by atoms with E-state index in [1.807, 2.05) is 19.9 Å². The highest BCUT2D eigenvalue weighted by atomic mass is 19.4. The number of urea groups is 1. The molecule has 198 valence electrons. The van der Waals surface area contributed by atoms with Crippen LogP contribution in [-0.4, -0.2) is 34.0 Å². The number of hydrogen-bond acceptors (Lipinski definition) is 3. The molecular weight excluding hydrogens is 499 g/mol. The average molecular weight is 526 g/mol. The normalized spacial score (nSPS) is 13.8. The Morgan fingerprint density at radius 2 is 1.61 bits per heavy atom. The maximum absolute atomic E-state index is 12.9. The Labute approximate surface area is 217 Å². The number of fused-ring (bicyclic) bond motifs is 1. The minimum atomic E-state index is -4.51. The van der Waals surface area contributed by atoms with E-state index in [0.29, 0.717) is 17.7 Å². The van der Waals surface area contributed by atoms with Gasteiger partial charge in [-0.15, -0.1) is 0 Å². The molecule has 0 aliphatic carbocycles. The molecule has 4 rings (SSSR count). The van der Waals surface area contributed by atoms with Gasteiger partial charge in [-0.3, -0.25) is 4.79 Å². The van der Waals surface area contributed by atoms with Crippen LogP contribution in [0.3, 0.4) is 0 Å². The zero-order valence-corrected chi connectivity index (χ0v) is 20.7. The molecule has 0 saturated carbocycles. The van der Waals surface area contributed by atoms with Crippen molar-refractivity contribution >= 4 is 29.3 Å². The molecule has 1 aliphatic heterocycles. The van der Waals surface area contributed by atoms with Crippen LogP contribution in [0, 0.1) is 5.92 Å². The number of carboxylic acids is 1. The fraction of sp³-hybridized carbons (Fsp3) is 0.250. The number of nitrogens with zero attached hydrogens (tertiary/aromatic N) is 1. The molecule has 3 N–H and O–H groups in total. The van der Waals surface area contributed by atoms with E-state index in [1.165, 1.54) is 17.0 Å². The quantitative estimate of drug-likeness (QED) is 0.329. The van der Waals surface area contributed by atoms with Gasteiger partial charge in [-0.05, 0) is 71.5 Å². The summed E-state index contributed by atoms with van der Waals surface area (Å²) in [4.78, 5) is 38.3. The molecule has 0 saturated heterocycles. The first-order chi connectivity index (χ1) is 17.9. The highest BCUT2D eigenvalue weighted by Crippen LogP contribution is 2.32. The van der Waals surface area contributed by atoms with Crippen LogP contribution in [0.2, 0.25) is 0 Å². The van der Waals surface area contributed by atoms with Crippen molar-refractivity contribution in [2.75, 3.05) is 10.6 Å². The predicted octanol–water partition coefficient (Wildman–Crippen LogP) is 6.47. The number of alkyl halides is 3. The summed E-state index contributed by atoms with van der Waals surface area (Å²) in [5.74, 6) is -1.21. The lowest BCUT2D eigenvalue weighted by Crippen LogP contribution is -2.42. The van der Waals surface area contributed by atoms with Crippen molar-refractivity contribution in [3.63, 3.8) is 0 Å². The number of rotatable bonds is 7. The van der Waals surface area contributed by atoms with Crippen LogP contribution in [0.5, 0.6) is 0 Å². The van der Waals surface area contributed by atoms with Gasteiger partial charge in [0.25, 0.3) is 5.91 Å². The summed E-state index contributed by atoms with van der Waals surface area (Å²) in [5.41, 5.74) is 2.41. The van der Waals surface area contributed by atoms with Crippen molar-refractivity contribution in [1.82, 2.24) is 4.90 Å².